The highest BCUT2D eigenvalue weighted by molar-refractivity contribution is 5.05. The molecule has 1 aromatic heterocycles. The number of hydrogen-bond acceptors (Lipinski definition) is 4. The zero-order valence-electron chi connectivity index (χ0n) is 12.4. The smallest absolute Gasteiger partial charge is 0.122 e. The molecule has 3 unspecified atom stereocenters. The van der Waals surface area contributed by atoms with E-state index in [4.69, 9.17) is 4.42 Å². The molecule has 0 saturated carbocycles. The standard InChI is InChI=1S/C15H27N3O/c1-12(10-13-6-4-8-16-13)17-11-14(18(2)3)15-7-5-9-19-15/h5,7,9,12-14,16-17H,4,6,8,10-11H2,1-3H3. The van der Waals surface area contributed by atoms with Crippen molar-refractivity contribution in [3.63, 3.8) is 0 Å². The normalized spacial score (nSPS) is 22.8. The second-order valence-electron chi connectivity index (χ2n) is 5.83. The van der Waals surface area contributed by atoms with E-state index in [1.165, 1.54) is 25.8 Å². The monoisotopic (exact) mass is 265 g/mol. The Labute approximate surface area is 116 Å². The third kappa shape index (κ3) is 4.34. The first-order valence-corrected chi connectivity index (χ1v) is 7.33. The molecule has 1 aliphatic rings. The maximum atomic E-state index is 5.53. The van der Waals surface area contributed by atoms with Gasteiger partial charge in [0.05, 0.1) is 12.3 Å². The molecule has 1 aromatic rings. The van der Waals surface area contributed by atoms with E-state index in [1.54, 1.807) is 6.26 Å². The highest BCUT2D eigenvalue weighted by Crippen LogP contribution is 2.18. The van der Waals surface area contributed by atoms with Crippen LogP contribution in [0.5, 0.6) is 0 Å². The van der Waals surface area contributed by atoms with Gasteiger partial charge < -0.3 is 15.1 Å². The minimum absolute atomic E-state index is 0.300. The van der Waals surface area contributed by atoms with Crippen molar-refractivity contribution in [1.29, 1.82) is 0 Å². The summed E-state index contributed by atoms with van der Waals surface area (Å²) in [5.41, 5.74) is 0. The second kappa shape index (κ2) is 7.08. The van der Waals surface area contributed by atoms with Crippen LogP contribution in [0.1, 0.15) is 38.0 Å². The van der Waals surface area contributed by atoms with Crippen LogP contribution in [-0.4, -0.2) is 44.2 Å². The van der Waals surface area contributed by atoms with Gasteiger partial charge in [0.2, 0.25) is 0 Å². The first-order chi connectivity index (χ1) is 9.16. The molecule has 2 N–H and O–H groups in total. The van der Waals surface area contributed by atoms with Crippen LogP contribution >= 0.6 is 0 Å². The Bertz CT molecular complexity index is 344. The van der Waals surface area contributed by atoms with Crippen molar-refractivity contribution in [3.8, 4) is 0 Å². The molecular formula is C15H27N3O. The summed E-state index contributed by atoms with van der Waals surface area (Å²) >= 11 is 0. The van der Waals surface area contributed by atoms with Gasteiger partial charge in [0.1, 0.15) is 5.76 Å². The topological polar surface area (TPSA) is 40.4 Å². The van der Waals surface area contributed by atoms with Crippen molar-refractivity contribution in [2.45, 2.75) is 44.3 Å². The summed E-state index contributed by atoms with van der Waals surface area (Å²) in [4.78, 5) is 2.20. The summed E-state index contributed by atoms with van der Waals surface area (Å²) in [7, 11) is 4.19. The van der Waals surface area contributed by atoms with E-state index < -0.39 is 0 Å². The molecule has 4 heteroatoms. The maximum Gasteiger partial charge on any atom is 0.122 e. The fraction of sp³-hybridized carbons (Fsp3) is 0.733. The molecule has 108 valence electrons. The number of likely N-dealkylation sites (N-methyl/N-ethyl adjacent to an activating group) is 1. The van der Waals surface area contributed by atoms with E-state index in [-0.39, 0.29) is 0 Å². The lowest BCUT2D eigenvalue weighted by Crippen LogP contribution is -2.38. The van der Waals surface area contributed by atoms with Crippen LogP contribution in [-0.2, 0) is 0 Å². The SMILES string of the molecule is CC(CC1CCCN1)NCC(c1ccco1)N(C)C. The van der Waals surface area contributed by atoms with E-state index in [9.17, 15) is 0 Å². The molecule has 1 fully saturated rings. The number of nitrogens with zero attached hydrogens (tertiary/aromatic N) is 1. The van der Waals surface area contributed by atoms with Crippen molar-refractivity contribution >= 4 is 0 Å². The van der Waals surface area contributed by atoms with Crippen LogP contribution in [0.3, 0.4) is 0 Å². The minimum atomic E-state index is 0.300. The molecule has 4 nitrogen and oxygen atoms in total. The quantitative estimate of drug-likeness (QED) is 0.791. The summed E-state index contributed by atoms with van der Waals surface area (Å²) in [5.74, 6) is 1.03. The minimum Gasteiger partial charge on any atom is -0.468 e. The molecule has 0 bridgehead atoms. The third-order valence-corrected chi connectivity index (χ3v) is 3.96. The molecule has 1 aliphatic heterocycles. The van der Waals surface area contributed by atoms with E-state index >= 15 is 0 Å². The van der Waals surface area contributed by atoms with Gasteiger partial charge in [0.15, 0.2) is 0 Å². The van der Waals surface area contributed by atoms with E-state index in [0.29, 0.717) is 18.1 Å². The van der Waals surface area contributed by atoms with Gasteiger partial charge in [-0.25, -0.2) is 0 Å². The lowest BCUT2D eigenvalue weighted by molar-refractivity contribution is 0.242. The molecule has 0 aliphatic carbocycles. The predicted octanol–water partition coefficient (Wildman–Crippen LogP) is 2.00. The van der Waals surface area contributed by atoms with Crippen molar-refractivity contribution in [1.82, 2.24) is 15.5 Å². The van der Waals surface area contributed by atoms with E-state index in [1.807, 2.05) is 6.07 Å². The molecule has 2 heterocycles. The zero-order valence-corrected chi connectivity index (χ0v) is 12.4. The van der Waals surface area contributed by atoms with Crippen molar-refractivity contribution in [2.24, 2.45) is 0 Å². The van der Waals surface area contributed by atoms with Gasteiger partial charge in [-0.05, 0) is 59.0 Å². The lowest BCUT2D eigenvalue weighted by Gasteiger charge is -2.25. The largest absolute Gasteiger partial charge is 0.468 e. The average Bonchev–Trinajstić information content (AvgIpc) is 3.01. The summed E-state index contributed by atoms with van der Waals surface area (Å²) in [6.07, 6.45) is 5.60. The highest BCUT2D eigenvalue weighted by Gasteiger charge is 2.20. The number of nitrogens with one attached hydrogen (secondary N) is 2. The third-order valence-electron chi connectivity index (χ3n) is 3.96. The lowest BCUT2D eigenvalue weighted by atomic mass is 10.1. The first kappa shape index (κ1) is 14.6. The molecule has 0 aromatic carbocycles. The summed E-state index contributed by atoms with van der Waals surface area (Å²) in [6, 6.07) is 5.54. The maximum absolute atomic E-state index is 5.53. The fourth-order valence-electron chi connectivity index (χ4n) is 2.80. The predicted molar refractivity (Wildman–Crippen MR) is 78.2 cm³/mol. The van der Waals surface area contributed by atoms with Crippen LogP contribution in [0, 0.1) is 0 Å². The molecule has 3 atom stereocenters. The van der Waals surface area contributed by atoms with E-state index in [2.05, 4.69) is 42.6 Å². The Morgan fingerprint density at radius 2 is 2.37 bits per heavy atom. The Morgan fingerprint density at radius 3 is 2.95 bits per heavy atom. The van der Waals surface area contributed by atoms with Crippen LogP contribution < -0.4 is 10.6 Å². The van der Waals surface area contributed by atoms with Crippen LogP contribution in [0.4, 0.5) is 0 Å². The first-order valence-electron chi connectivity index (χ1n) is 7.33. The molecular weight excluding hydrogens is 238 g/mol. The molecule has 0 radical (unpaired) electrons. The van der Waals surface area contributed by atoms with Gasteiger partial charge in [-0.2, -0.15) is 0 Å². The van der Waals surface area contributed by atoms with Crippen LogP contribution in [0.2, 0.25) is 0 Å². The highest BCUT2D eigenvalue weighted by atomic mass is 16.3. The van der Waals surface area contributed by atoms with E-state index in [0.717, 1.165) is 12.3 Å². The van der Waals surface area contributed by atoms with Crippen LogP contribution in [0.25, 0.3) is 0 Å². The van der Waals surface area contributed by atoms with Gasteiger partial charge in [-0.3, -0.25) is 4.90 Å². The van der Waals surface area contributed by atoms with Gasteiger partial charge in [-0.15, -0.1) is 0 Å². The Morgan fingerprint density at radius 1 is 1.53 bits per heavy atom. The van der Waals surface area contributed by atoms with Crippen molar-refractivity contribution in [3.05, 3.63) is 24.2 Å². The molecule has 1 saturated heterocycles. The molecule has 0 spiro atoms. The average molecular weight is 265 g/mol. The molecule has 0 amide bonds. The number of hydrogen-bond donors (Lipinski definition) is 2. The second-order valence-corrected chi connectivity index (χ2v) is 5.83. The Hall–Kier alpha value is -0.840. The Kier molecular flexibility index (Phi) is 5.43. The van der Waals surface area contributed by atoms with Gasteiger partial charge in [0, 0.05) is 18.6 Å². The Balaban J connectivity index is 1.78. The molecule has 2 rings (SSSR count). The zero-order chi connectivity index (χ0) is 13.7. The number of furan rings is 1. The van der Waals surface area contributed by atoms with Crippen molar-refractivity contribution in [2.75, 3.05) is 27.2 Å². The summed E-state index contributed by atoms with van der Waals surface area (Å²) in [5, 5.41) is 7.19. The van der Waals surface area contributed by atoms with Crippen LogP contribution in [0.15, 0.2) is 22.8 Å². The van der Waals surface area contributed by atoms with Gasteiger partial charge in [0.25, 0.3) is 0 Å². The van der Waals surface area contributed by atoms with Crippen molar-refractivity contribution < 1.29 is 4.42 Å². The summed E-state index contributed by atoms with van der Waals surface area (Å²) < 4.78 is 5.53. The van der Waals surface area contributed by atoms with Gasteiger partial charge >= 0.3 is 0 Å². The van der Waals surface area contributed by atoms with Gasteiger partial charge in [-0.1, -0.05) is 0 Å². The fourth-order valence-corrected chi connectivity index (χ4v) is 2.80. The summed E-state index contributed by atoms with van der Waals surface area (Å²) in [6.45, 7) is 4.38. The number of rotatable bonds is 7. The molecule has 19 heavy (non-hydrogen) atoms.